The van der Waals surface area contributed by atoms with Gasteiger partial charge in [0.1, 0.15) is 23.1 Å². The van der Waals surface area contributed by atoms with Gasteiger partial charge in [0.2, 0.25) is 0 Å². The van der Waals surface area contributed by atoms with Gasteiger partial charge in [0, 0.05) is 24.1 Å². The smallest absolute Gasteiger partial charge is 0.191 e. The predicted molar refractivity (Wildman–Crippen MR) is 127 cm³/mol. The van der Waals surface area contributed by atoms with Crippen molar-refractivity contribution in [2.24, 2.45) is 0 Å². The minimum absolute atomic E-state index is 0.110. The zero-order valence-corrected chi connectivity index (χ0v) is 17.9. The zero-order chi connectivity index (χ0) is 22.6. The van der Waals surface area contributed by atoms with Crippen LogP contribution in [0.1, 0.15) is 5.56 Å². The van der Waals surface area contributed by atoms with Crippen molar-refractivity contribution >= 4 is 16.7 Å². The molecule has 2 aromatic heterocycles. The van der Waals surface area contributed by atoms with Crippen LogP contribution in [-0.2, 0) is 6.54 Å². The summed E-state index contributed by atoms with van der Waals surface area (Å²) in [4.78, 5) is 20.0. The van der Waals surface area contributed by atoms with Crippen LogP contribution in [0, 0.1) is 0 Å². The minimum atomic E-state index is -0.110. The van der Waals surface area contributed by atoms with Crippen LogP contribution < -0.4 is 20.2 Å². The molecule has 0 unspecified atom stereocenters. The summed E-state index contributed by atoms with van der Waals surface area (Å²) in [6.45, 7) is 0.542. The topological polar surface area (TPSA) is 89.4 Å². The number of hydrogen-bond acceptors (Lipinski definition) is 6. The van der Waals surface area contributed by atoms with Crippen LogP contribution in [0.5, 0.6) is 17.2 Å². The summed E-state index contributed by atoms with van der Waals surface area (Å²) in [7, 11) is 1.58. The molecule has 0 radical (unpaired) electrons. The summed E-state index contributed by atoms with van der Waals surface area (Å²) < 4.78 is 16.7. The highest BCUT2D eigenvalue weighted by Gasteiger charge is 2.13. The monoisotopic (exact) mass is 439 g/mol. The summed E-state index contributed by atoms with van der Waals surface area (Å²) in [5, 5.41) is 3.81. The second kappa shape index (κ2) is 8.92. The summed E-state index contributed by atoms with van der Waals surface area (Å²) in [6.07, 6.45) is 2.93. The second-order valence-corrected chi connectivity index (χ2v) is 7.42. The van der Waals surface area contributed by atoms with Crippen LogP contribution >= 0.6 is 0 Å². The van der Waals surface area contributed by atoms with E-state index in [0.29, 0.717) is 40.3 Å². The highest BCUT2D eigenvalue weighted by atomic mass is 16.5. The van der Waals surface area contributed by atoms with Gasteiger partial charge in [-0.05, 0) is 35.9 Å². The van der Waals surface area contributed by atoms with Gasteiger partial charge in [-0.2, -0.15) is 0 Å². The first-order valence-electron chi connectivity index (χ1n) is 10.4. The van der Waals surface area contributed by atoms with Crippen molar-refractivity contribution in [3.8, 4) is 28.6 Å². The van der Waals surface area contributed by atoms with E-state index in [1.54, 1.807) is 31.5 Å². The average Bonchev–Trinajstić information content (AvgIpc) is 3.38. The lowest BCUT2D eigenvalue weighted by Crippen LogP contribution is -2.08. The molecule has 164 valence electrons. The first kappa shape index (κ1) is 20.4. The number of oxazole rings is 1. The number of nitrogens with one attached hydrogen (secondary N) is 2. The normalized spacial score (nSPS) is 10.8. The number of anilines is 1. The van der Waals surface area contributed by atoms with E-state index in [0.717, 1.165) is 17.1 Å². The third-order valence-electron chi connectivity index (χ3n) is 5.23. The molecule has 3 aromatic carbocycles. The van der Waals surface area contributed by atoms with Crippen molar-refractivity contribution in [1.82, 2.24) is 9.97 Å². The van der Waals surface area contributed by atoms with Gasteiger partial charge >= 0.3 is 0 Å². The lowest BCUT2D eigenvalue weighted by Gasteiger charge is -2.11. The van der Waals surface area contributed by atoms with Crippen molar-refractivity contribution < 1.29 is 13.9 Å². The van der Waals surface area contributed by atoms with Gasteiger partial charge in [0.15, 0.2) is 17.6 Å². The second-order valence-electron chi connectivity index (χ2n) is 7.42. The SMILES string of the molecule is COc1cc2[nH]c(NCc3ccc(Oc4ccccc4)cc3)cc(=O)c2cc1-c1cnco1. The molecular weight excluding hydrogens is 418 g/mol. The zero-order valence-electron chi connectivity index (χ0n) is 17.9. The third-order valence-corrected chi connectivity index (χ3v) is 5.23. The molecule has 0 aliphatic carbocycles. The summed E-state index contributed by atoms with van der Waals surface area (Å²) in [5.41, 5.74) is 2.28. The molecular formula is C26H21N3O4. The number of para-hydroxylation sites is 1. The maximum Gasteiger partial charge on any atom is 0.191 e. The Morgan fingerprint density at radius 1 is 1.00 bits per heavy atom. The maximum absolute atomic E-state index is 12.8. The van der Waals surface area contributed by atoms with Gasteiger partial charge in [-0.1, -0.05) is 30.3 Å². The van der Waals surface area contributed by atoms with Crippen LogP contribution in [0.3, 0.4) is 0 Å². The summed E-state index contributed by atoms with van der Waals surface area (Å²) >= 11 is 0. The van der Waals surface area contributed by atoms with Crippen LogP contribution in [0.25, 0.3) is 22.2 Å². The Hall–Kier alpha value is -4.52. The first-order chi connectivity index (χ1) is 16.2. The molecule has 2 N–H and O–H groups in total. The molecule has 7 heteroatoms. The third kappa shape index (κ3) is 4.43. The summed E-state index contributed by atoms with van der Waals surface area (Å²) in [6, 6.07) is 22.5. The van der Waals surface area contributed by atoms with Crippen LogP contribution in [0.15, 0.2) is 94.6 Å². The number of hydrogen-bond donors (Lipinski definition) is 2. The van der Waals surface area contributed by atoms with E-state index in [4.69, 9.17) is 13.9 Å². The number of aromatic amines is 1. The quantitative estimate of drug-likeness (QED) is 0.343. The number of nitrogens with zero attached hydrogens (tertiary/aromatic N) is 1. The molecule has 0 saturated carbocycles. The van der Waals surface area contributed by atoms with Crippen molar-refractivity contribution in [1.29, 1.82) is 0 Å². The molecule has 33 heavy (non-hydrogen) atoms. The fraction of sp³-hybridized carbons (Fsp3) is 0.0769. The van der Waals surface area contributed by atoms with Crippen LogP contribution in [0.4, 0.5) is 5.82 Å². The van der Waals surface area contributed by atoms with E-state index in [1.807, 2.05) is 54.6 Å². The molecule has 0 aliphatic heterocycles. The highest BCUT2D eigenvalue weighted by Crippen LogP contribution is 2.33. The molecule has 5 aromatic rings. The number of benzene rings is 3. The molecule has 0 atom stereocenters. The molecule has 5 rings (SSSR count). The lowest BCUT2D eigenvalue weighted by molar-refractivity contribution is 0.415. The van der Waals surface area contributed by atoms with Crippen molar-refractivity contribution in [3.05, 3.63) is 101 Å². The number of methoxy groups -OCH3 is 1. The standard InChI is InChI=1S/C26H21N3O4/c1-31-24-12-22-20(11-21(24)25-15-27-16-32-25)23(30)13-26(29-22)28-14-17-7-9-19(10-8-17)33-18-5-3-2-4-6-18/h2-13,15-16H,14H2,1H3,(H2,28,29,30). The van der Waals surface area contributed by atoms with Crippen LogP contribution in [0.2, 0.25) is 0 Å². The molecule has 0 spiro atoms. The number of ether oxygens (including phenoxy) is 2. The Labute approximate surface area is 189 Å². The molecule has 0 bridgehead atoms. The van der Waals surface area contributed by atoms with E-state index in [1.165, 1.54) is 6.39 Å². The number of aromatic nitrogens is 2. The van der Waals surface area contributed by atoms with E-state index >= 15 is 0 Å². The Morgan fingerprint density at radius 2 is 1.79 bits per heavy atom. The van der Waals surface area contributed by atoms with Crippen molar-refractivity contribution in [2.75, 3.05) is 12.4 Å². The van der Waals surface area contributed by atoms with Gasteiger partial charge in [0.25, 0.3) is 0 Å². The van der Waals surface area contributed by atoms with Gasteiger partial charge < -0.3 is 24.2 Å². The van der Waals surface area contributed by atoms with Gasteiger partial charge in [0.05, 0.1) is 24.4 Å². The largest absolute Gasteiger partial charge is 0.496 e. The maximum atomic E-state index is 12.8. The minimum Gasteiger partial charge on any atom is -0.496 e. The van der Waals surface area contributed by atoms with Gasteiger partial charge in [-0.3, -0.25) is 4.79 Å². The van der Waals surface area contributed by atoms with Gasteiger partial charge in [-0.15, -0.1) is 0 Å². The van der Waals surface area contributed by atoms with E-state index < -0.39 is 0 Å². The summed E-state index contributed by atoms with van der Waals surface area (Å²) in [5.74, 6) is 3.29. The fourth-order valence-corrected chi connectivity index (χ4v) is 3.58. The van der Waals surface area contributed by atoms with Crippen molar-refractivity contribution in [2.45, 2.75) is 6.54 Å². The highest BCUT2D eigenvalue weighted by molar-refractivity contribution is 5.88. The fourth-order valence-electron chi connectivity index (χ4n) is 3.58. The predicted octanol–water partition coefficient (Wildman–Crippen LogP) is 5.60. The number of fused-ring (bicyclic) bond motifs is 1. The Bertz CT molecular complexity index is 1430. The Balaban J connectivity index is 1.34. The van der Waals surface area contributed by atoms with E-state index in [-0.39, 0.29) is 5.43 Å². The number of pyridine rings is 1. The Kier molecular flexibility index (Phi) is 5.51. The lowest BCUT2D eigenvalue weighted by atomic mass is 10.1. The van der Waals surface area contributed by atoms with E-state index in [2.05, 4.69) is 15.3 Å². The molecule has 0 amide bonds. The Morgan fingerprint density at radius 3 is 2.52 bits per heavy atom. The molecule has 0 fully saturated rings. The molecule has 2 heterocycles. The molecule has 7 nitrogen and oxygen atoms in total. The van der Waals surface area contributed by atoms with Crippen molar-refractivity contribution in [3.63, 3.8) is 0 Å². The number of rotatable bonds is 7. The molecule has 0 saturated heterocycles. The number of H-pyrrole nitrogens is 1. The van der Waals surface area contributed by atoms with Crippen LogP contribution in [-0.4, -0.2) is 17.1 Å². The van der Waals surface area contributed by atoms with Gasteiger partial charge in [-0.25, -0.2) is 4.98 Å². The van der Waals surface area contributed by atoms with E-state index in [9.17, 15) is 4.79 Å². The molecule has 0 aliphatic rings. The average molecular weight is 439 g/mol. The first-order valence-corrected chi connectivity index (χ1v) is 10.4.